The molecule has 0 radical (unpaired) electrons. The molecular weight excluding hydrogens is 235 g/mol. The molecule has 0 atom stereocenters. The van der Waals surface area contributed by atoms with E-state index in [1.165, 1.54) is 12.1 Å². The average molecular weight is 252 g/mol. The highest BCUT2D eigenvalue weighted by atomic mass is 19.1. The highest BCUT2D eigenvalue weighted by Gasteiger charge is 2.30. The standard InChI is InChI=1S/C13H17FN2O2/c1-13(2)6-7-15(9-13)8-10-4-3-5-11(12(10)14)16(17)18/h3-5H,6-9H2,1-2H3. The molecule has 4 nitrogen and oxygen atoms in total. The molecule has 1 aliphatic heterocycles. The lowest BCUT2D eigenvalue weighted by Gasteiger charge is -2.19. The van der Waals surface area contributed by atoms with E-state index in [0.717, 1.165) is 19.5 Å². The smallest absolute Gasteiger partial charge is 0.298 e. The van der Waals surface area contributed by atoms with Crippen LogP contribution in [0, 0.1) is 21.3 Å². The van der Waals surface area contributed by atoms with Gasteiger partial charge >= 0.3 is 5.69 Å². The van der Waals surface area contributed by atoms with Crippen molar-refractivity contribution in [1.82, 2.24) is 4.90 Å². The van der Waals surface area contributed by atoms with Crippen molar-refractivity contribution in [3.8, 4) is 0 Å². The third kappa shape index (κ3) is 2.67. The first kappa shape index (κ1) is 13.0. The molecule has 0 N–H and O–H groups in total. The van der Waals surface area contributed by atoms with Gasteiger partial charge in [-0.05, 0) is 18.4 Å². The van der Waals surface area contributed by atoms with Crippen LogP contribution in [-0.4, -0.2) is 22.9 Å². The van der Waals surface area contributed by atoms with Crippen molar-refractivity contribution in [2.24, 2.45) is 5.41 Å². The maximum Gasteiger partial charge on any atom is 0.305 e. The summed E-state index contributed by atoms with van der Waals surface area (Å²) in [6.07, 6.45) is 1.07. The highest BCUT2D eigenvalue weighted by molar-refractivity contribution is 5.36. The third-order valence-electron chi connectivity index (χ3n) is 3.41. The van der Waals surface area contributed by atoms with E-state index in [1.807, 2.05) is 0 Å². The van der Waals surface area contributed by atoms with E-state index in [4.69, 9.17) is 0 Å². The molecule has 2 rings (SSSR count). The summed E-state index contributed by atoms with van der Waals surface area (Å²) in [4.78, 5) is 12.1. The SMILES string of the molecule is CC1(C)CCN(Cc2cccc([N+](=O)[O-])c2F)C1. The van der Waals surface area contributed by atoms with Crippen molar-refractivity contribution in [2.45, 2.75) is 26.8 Å². The normalized spacial score (nSPS) is 19.1. The molecule has 1 fully saturated rings. The van der Waals surface area contributed by atoms with E-state index >= 15 is 0 Å². The van der Waals surface area contributed by atoms with Crippen LogP contribution < -0.4 is 0 Å². The lowest BCUT2D eigenvalue weighted by atomic mass is 9.93. The zero-order valence-electron chi connectivity index (χ0n) is 10.6. The first-order valence-electron chi connectivity index (χ1n) is 6.03. The molecule has 0 spiro atoms. The number of halogens is 1. The molecule has 1 aliphatic rings. The topological polar surface area (TPSA) is 46.4 Å². The van der Waals surface area contributed by atoms with Gasteiger partial charge in [-0.1, -0.05) is 26.0 Å². The zero-order valence-corrected chi connectivity index (χ0v) is 10.6. The fourth-order valence-electron chi connectivity index (χ4n) is 2.43. The molecular formula is C13H17FN2O2. The molecule has 98 valence electrons. The van der Waals surface area contributed by atoms with E-state index < -0.39 is 16.4 Å². The number of nitro groups is 1. The first-order valence-corrected chi connectivity index (χ1v) is 6.03. The maximum absolute atomic E-state index is 13.9. The van der Waals surface area contributed by atoms with Crippen molar-refractivity contribution >= 4 is 5.69 Å². The Balaban J connectivity index is 2.15. The molecule has 1 aromatic rings. The maximum atomic E-state index is 13.9. The van der Waals surface area contributed by atoms with Crippen molar-refractivity contribution in [2.75, 3.05) is 13.1 Å². The number of benzene rings is 1. The minimum absolute atomic E-state index is 0.247. The van der Waals surface area contributed by atoms with Crippen LogP contribution in [0.3, 0.4) is 0 Å². The summed E-state index contributed by atoms with van der Waals surface area (Å²) in [6.45, 7) is 6.61. The molecule has 1 saturated heterocycles. The Kier molecular flexibility index (Phi) is 3.34. The van der Waals surface area contributed by atoms with Gasteiger partial charge < -0.3 is 0 Å². The fraction of sp³-hybridized carbons (Fsp3) is 0.538. The molecule has 1 heterocycles. The second-order valence-electron chi connectivity index (χ2n) is 5.63. The summed E-state index contributed by atoms with van der Waals surface area (Å²) >= 11 is 0. The van der Waals surface area contributed by atoms with E-state index in [-0.39, 0.29) is 5.41 Å². The Morgan fingerprint density at radius 3 is 2.78 bits per heavy atom. The van der Waals surface area contributed by atoms with E-state index in [1.54, 1.807) is 6.07 Å². The van der Waals surface area contributed by atoms with Gasteiger partial charge in [0.25, 0.3) is 0 Å². The summed E-state index contributed by atoms with van der Waals surface area (Å²) in [6, 6.07) is 4.36. The Morgan fingerprint density at radius 1 is 1.50 bits per heavy atom. The van der Waals surface area contributed by atoms with E-state index in [0.29, 0.717) is 12.1 Å². The fourth-order valence-corrected chi connectivity index (χ4v) is 2.43. The van der Waals surface area contributed by atoms with Gasteiger partial charge in [0.2, 0.25) is 5.82 Å². The van der Waals surface area contributed by atoms with Crippen LogP contribution in [0.25, 0.3) is 0 Å². The van der Waals surface area contributed by atoms with Crippen LogP contribution in [-0.2, 0) is 6.54 Å². The molecule has 0 saturated carbocycles. The first-order chi connectivity index (χ1) is 8.39. The molecule has 5 heteroatoms. The van der Waals surface area contributed by atoms with Crippen molar-refractivity contribution in [3.05, 3.63) is 39.7 Å². The Labute approximate surface area is 106 Å². The van der Waals surface area contributed by atoms with Gasteiger partial charge in [0, 0.05) is 24.7 Å². The van der Waals surface area contributed by atoms with Gasteiger partial charge in [-0.15, -0.1) is 0 Å². The number of hydrogen-bond donors (Lipinski definition) is 0. The highest BCUT2D eigenvalue weighted by Crippen LogP contribution is 2.30. The second-order valence-corrected chi connectivity index (χ2v) is 5.63. The van der Waals surface area contributed by atoms with Crippen molar-refractivity contribution < 1.29 is 9.31 Å². The van der Waals surface area contributed by atoms with Crippen LogP contribution in [0.4, 0.5) is 10.1 Å². The second kappa shape index (κ2) is 4.65. The summed E-state index contributed by atoms with van der Waals surface area (Å²) in [7, 11) is 0. The van der Waals surface area contributed by atoms with Gasteiger partial charge in [-0.3, -0.25) is 15.0 Å². The van der Waals surface area contributed by atoms with Gasteiger partial charge in [-0.2, -0.15) is 4.39 Å². The minimum atomic E-state index is -0.702. The quantitative estimate of drug-likeness (QED) is 0.613. The number of nitrogens with zero attached hydrogens (tertiary/aromatic N) is 2. The lowest BCUT2D eigenvalue weighted by molar-refractivity contribution is -0.387. The van der Waals surface area contributed by atoms with E-state index in [9.17, 15) is 14.5 Å². The molecule has 1 aromatic carbocycles. The predicted octanol–water partition coefficient (Wildman–Crippen LogP) is 2.97. The Morgan fingerprint density at radius 2 is 2.22 bits per heavy atom. The van der Waals surface area contributed by atoms with Gasteiger partial charge in [0.05, 0.1) is 4.92 Å². The third-order valence-corrected chi connectivity index (χ3v) is 3.41. The summed E-state index contributed by atoms with van der Waals surface area (Å²) in [5.74, 6) is -0.702. The van der Waals surface area contributed by atoms with Gasteiger partial charge in [0.1, 0.15) is 0 Å². The van der Waals surface area contributed by atoms with Crippen LogP contribution in [0.15, 0.2) is 18.2 Å². The molecule has 0 bridgehead atoms. The predicted molar refractivity (Wildman–Crippen MR) is 66.7 cm³/mol. The molecule has 18 heavy (non-hydrogen) atoms. The number of rotatable bonds is 3. The van der Waals surface area contributed by atoms with Gasteiger partial charge in [0.15, 0.2) is 0 Å². The Bertz CT molecular complexity index is 474. The monoisotopic (exact) mass is 252 g/mol. The average Bonchev–Trinajstić information content (AvgIpc) is 2.61. The number of hydrogen-bond acceptors (Lipinski definition) is 3. The van der Waals surface area contributed by atoms with Crippen molar-refractivity contribution in [3.63, 3.8) is 0 Å². The summed E-state index contributed by atoms with van der Waals surface area (Å²) in [5.41, 5.74) is 0.213. The lowest BCUT2D eigenvalue weighted by Crippen LogP contribution is -2.23. The van der Waals surface area contributed by atoms with Crippen LogP contribution in [0.2, 0.25) is 0 Å². The van der Waals surface area contributed by atoms with Gasteiger partial charge in [-0.25, -0.2) is 0 Å². The van der Waals surface area contributed by atoms with Crippen LogP contribution in [0.1, 0.15) is 25.8 Å². The minimum Gasteiger partial charge on any atom is -0.298 e. The molecule has 0 aromatic heterocycles. The summed E-state index contributed by atoms with van der Waals surface area (Å²) in [5, 5.41) is 10.7. The molecule has 0 unspecified atom stereocenters. The van der Waals surface area contributed by atoms with Crippen molar-refractivity contribution in [1.29, 1.82) is 0 Å². The largest absolute Gasteiger partial charge is 0.305 e. The zero-order chi connectivity index (χ0) is 13.3. The van der Waals surface area contributed by atoms with Crippen LogP contribution >= 0.6 is 0 Å². The number of likely N-dealkylation sites (tertiary alicyclic amines) is 1. The number of nitro benzene ring substituents is 1. The molecule has 0 amide bonds. The summed E-state index contributed by atoms with van der Waals surface area (Å²) < 4.78 is 13.9. The van der Waals surface area contributed by atoms with E-state index in [2.05, 4.69) is 18.7 Å². The van der Waals surface area contributed by atoms with Crippen LogP contribution in [0.5, 0.6) is 0 Å². The molecule has 0 aliphatic carbocycles. The Hall–Kier alpha value is -1.49.